The van der Waals surface area contributed by atoms with E-state index >= 15 is 0 Å². The molecular weight excluding hydrogens is 472 g/mol. The van der Waals surface area contributed by atoms with Gasteiger partial charge in [-0.25, -0.2) is 8.42 Å². The van der Waals surface area contributed by atoms with Crippen molar-refractivity contribution in [2.45, 2.75) is 35.8 Å². The second-order valence-corrected chi connectivity index (χ2v) is 11.6. The second-order valence-electron chi connectivity index (χ2n) is 8.06. The van der Waals surface area contributed by atoms with Crippen LogP contribution in [-0.4, -0.2) is 41.9 Å². The number of aromatic nitrogens is 2. The van der Waals surface area contributed by atoms with Gasteiger partial charge in [0.15, 0.2) is 0 Å². The van der Waals surface area contributed by atoms with Crippen molar-refractivity contribution >= 4 is 44.6 Å². The molecule has 0 bridgehead atoms. The van der Waals surface area contributed by atoms with Gasteiger partial charge in [-0.1, -0.05) is 22.8 Å². The topological polar surface area (TPSA) is 105 Å². The molecule has 8 nitrogen and oxygen atoms in total. The van der Waals surface area contributed by atoms with Crippen molar-refractivity contribution in [3.05, 3.63) is 46.6 Å². The van der Waals surface area contributed by atoms with Crippen molar-refractivity contribution in [1.82, 2.24) is 14.4 Å². The molecule has 3 heterocycles. The first-order valence-electron chi connectivity index (χ1n) is 10.4. The fraction of sp³-hybridized carbons (Fsp3) is 0.381. The second kappa shape index (κ2) is 8.58. The van der Waals surface area contributed by atoms with Crippen LogP contribution in [0.2, 0.25) is 5.02 Å². The van der Waals surface area contributed by atoms with E-state index in [0.717, 1.165) is 24.2 Å². The molecule has 1 aliphatic heterocycles. The van der Waals surface area contributed by atoms with E-state index in [1.165, 1.54) is 4.31 Å². The van der Waals surface area contributed by atoms with E-state index in [4.69, 9.17) is 16.1 Å². The molecule has 0 atom stereocenters. The summed E-state index contributed by atoms with van der Waals surface area (Å²) in [7, 11) is -3.64. The number of hydrogen-bond donors (Lipinski definition) is 1. The summed E-state index contributed by atoms with van der Waals surface area (Å²) in [6.45, 7) is 0.578. The number of benzene rings is 1. The van der Waals surface area contributed by atoms with E-state index in [1.807, 2.05) is 0 Å². The van der Waals surface area contributed by atoms with E-state index in [1.54, 1.807) is 35.7 Å². The normalized spacial score (nSPS) is 18.0. The van der Waals surface area contributed by atoms with Gasteiger partial charge in [-0.2, -0.15) is 9.29 Å². The number of anilines is 1. The van der Waals surface area contributed by atoms with E-state index in [9.17, 15) is 13.2 Å². The maximum atomic E-state index is 13.1. The Balaban J connectivity index is 1.22. The zero-order chi connectivity index (χ0) is 22.3. The highest BCUT2D eigenvalue weighted by molar-refractivity contribution is 7.91. The Labute approximate surface area is 194 Å². The van der Waals surface area contributed by atoms with Crippen molar-refractivity contribution in [2.24, 2.45) is 5.92 Å². The number of nitrogens with zero attached hydrogens (tertiary/aromatic N) is 3. The average Bonchev–Trinajstić information content (AvgIpc) is 3.30. The third-order valence-electron chi connectivity index (χ3n) is 5.71. The molecule has 5 rings (SSSR count). The third kappa shape index (κ3) is 4.45. The Morgan fingerprint density at radius 2 is 1.97 bits per heavy atom. The molecule has 0 spiro atoms. The molecule has 1 aliphatic carbocycles. The lowest BCUT2D eigenvalue weighted by molar-refractivity contribution is -0.120. The molecule has 0 radical (unpaired) electrons. The minimum atomic E-state index is -3.64. The van der Waals surface area contributed by atoms with Crippen molar-refractivity contribution in [1.29, 1.82) is 0 Å². The van der Waals surface area contributed by atoms with Gasteiger partial charge < -0.3 is 9.84 Å². The zero-order valence-corrected chi connectivity index (χ0v) is 19.4. The molecule has 3 aromatic rings. The Bertz CT molecular complexity index is 1240. The third-order valence-corrected chi connectivity index (χ3v) is 9.26. The highest BCUT2D eigenvalue weighted by Crippen LogP contribution is 2.40. The van der Waals surface area contributed by atoms with Gasteiger partial charge >= 0.3 is 0 Å². The van der Waals surface area contributed by atoms with Gasteiger partial charge in [0.25, 0.3) is 10.0 Å². The van der Waals surface area contributed by atoms with Gasteiger partial charge in [0, 0.05) is 46.6 Å². The predicted octanol–water partition coefficient (Wildman–Crippen LogP) is 4.37. The van der Waals surface area contributed by atoms with E-state index < -0.39 is 10.0 Å². The maximum absolute atomic E-state index is 13.1. The molecule has 0 unspecified atom stereocenters. The van der Waals surface area contributed by atoms with Crippen LogP contribution in [0, 0.1) is 5.92 Å². The molecule has 2 aromatic heterocycles. The zero-order valence-electron chi connectivity index (χ0n) is 17.0. The molecule has 1 saturated carbocycles. The molecular formula is C21H21ClN4O4S2. The highest BCUT2D eigenvalue weighted by Gasteiger charge is 2.34. The summed E-state index contributed by atoms with van der Waals surface area (Å²) in [6.07, 6.45) is 3.02. The van der Waals surface area contributed by atoms with Crippen LogP contribution >= 0.6 is 22.9 Å². The number of carbonyl (C=O) groups is 1. The average molecular weight is 493 g/mol. The molecule has 1 saturated heterocycles. The van der Waals surface area contributed by atoms with Crippen LogP contribution in [0.1, 0.15) is 37.5 Å². The van der Waals surface area contributed by atoms with Gasteiger partial charge in [0.1, 0.15) is 4.21 Å². The van der Waals surface area contributed by atoms with E-state index in [0.29, 0.717) is 46.7 Å². The highest BCUT2D eigenvalue weighted by atomic mass is 35.5. The number of sulfonamides is 1. The largest absolute Gasteiger partial charge is 0.339 e. The van der Waals surface area contributed by atoms with Gasteiger partial charge in [0.2, 0.25) is 17.6 Å². The number of carbonyl (C=O) groups excluding carboxylic acids is 1. The molecule has 1 N–H and O–H groups in total. The summed E-state index contributed by atoms with van der Waals surface area (Å²) in [5.41, 5.74) is 1.27. The van der Waals surface area contributed by atoms with Gasteiger partial charge in [-0.15, -0.1) is 11.3 Å². The first-order valence-corrected chi connectivity index (χ1v) is 13.1. The Kier molecular flexibility index (Phi) is 5.79. The van der Waals surface area contributed by atoms with E-state index in [2.05, 4.69) is 15.5 Å². The summed E-state index contributed by atoms with van der Waals surface area (Å²) < 4.78 is 33.2. The number of amides is 1. The monoisotopic (exact) mass is 492 g/mol. The van der Waals surface area contributed by atoms with Crippen LogP contribution in [0.25, 0.3) is 11.4 Å². The Hall–Kier alpha value is -2.27. The summed E-state index contributed by atoms with van der Waals surface area (Å²) >= 11 is 7.11. The number of nitrogens with one attached hydrogen (secondary N) is 1. The fourth-order valence-electron chi connectivity index (χ4n) is 3.71. The number of halogens is 1. The Morgan fingerprint density at radius 3 is 2.69 bits per heavy atom. The lowest BCUT2D eigenvalue weighted by Crippen LogP contribution is -2.41. The van der Waals surface area contributed by atoms with E-state index in [-0.39, 0.29) is 29.1 Å². The molecule has 2 aliphatic rings. The fourth-order valence-corrected chi connectivity index (χ4v) is 6.68. The maximum Gasteiger partial charge on any atom is 0.252 e. The van der Waals surface area contributed by atoms with Crippen LogP contribution in [0.4, 0.5) is 5.69 Å². The molecule has 1 amide bonds. The van der Waals surface area contributed by atoms with Crippen LogP contribution in [0.3, 0.4) is 0 Å². The quantitative estimate of drug-likeness (QED) is 0.547. The van der Waals surface area contributed by atoms with Gasteiger partial charge in [-0.05, 0) is 49.9 Å². The molecule has 32 heavy (non-hydrogen) atoms. The SMILES string of the molecule is O=C(Nc1cccc(Cl)c1)C1CCN(S(=O)(=O)c2cc(-c3noc(C4CC4)n3)cs2)CC1. The summed E-state index contributed by atoms with van der Waals surface area (Å²) in [4.78, 5) is 17.0. The predicted molar refractivity (Wildman–Crippen MR) is 121 cm³/mol. The van der Waals surface area contributed by atoms with Crippen LogP contribution in [0.5, 0.6) is 0 Å². The minimum Gasteiger partial charge on any atom is -0.339 e. The van der Waals surface area contributed by atoms with Crippen LogP contribution in [0.15, 0.2) is 44.4 Å². The molecule has 2 fully saturated rings. The molecule has 1 aromatic carbocycles. The standard InChI is InChI=1S/C21H21ClN4O4S2/c22-16-2-1-3-17(11-16)23-20(27)13-6-8-26(9-7-13)32(28,29)18-10-15(12-31-18)19-24-21(30-25-19)14-4-5-14/h1-3,10-14H,4-9H2,(H,23,27). The van der Waals surface area contributed by atoms with Crippen molar-refractivity contribution < 1.29 is 17.7 Å². The Morgan fingerprint density at radius 1 is 1.19 bits per heavy atom. The number of rotatable bonds is 6. The molecule has 11 heteroatoms. The summed E-state index contributed by atoms with van der Waals surface area (Å²) in [5, 5.41) is 9.13. The first kappa shape index (κ1) is 21.6. The minimum absolute atomic E-state index is 0.119. The van der Waals surface area contributed by atoms with Crippen molar-refractivity contribution in [3.63, 3.8) is 0 Å². The summed E-state index contributed by atoms with van der Waals surface area (Å²) in [5.74, 6) is 1.01. The number of hydrogen-bond acceptors (Lipinski definition) is 7. The van der Waals surface area contributed by atoms with Crippen LogP contribution in [-0.2, 0) is 14.8 Å². The smallest absolute Gasteiger partial charge is 0.252 e. The lowest BCUT2D eigenvalue weighted by atomic mass is 9.97. The van der Waals surface area contributed by atoms with Crippen molar-refractivity contribution in [3.8, 4) is 11.4 Å². The van der Waals surface area contributed by atoms with Crippen LogP contribution < -0.4 is 5.32 Å². The van der Waals surface area contributed by atoms with Crippen molar-refractivity contribution in [2.75, 3.05) is 18.4 Å². The van der Waals surface area contributed by atoms with Gasteiger partial charge in [-0.3, -0.25) is 4.79 Å². The lowest BCUT2D eigenvalue weighted by Gasteiger charge is -2.30. The number of piperidine rings is 1. The number of thiophene rings is 1. The summed E-state index contributed by atoms with van der Waals surface area (Å²) in [6, 6.07) is 8.56. The molecule has 168 valence electrons. The first-order chi connectivity index (χ1) is 15.4. The van der Waals surface area contributed by atoms with Gasteiger partial charge in [0.05, 0.1) is 0 Å².